The average molecular weight is 358 g/mol. The van der Waals surface area contributed by atoms with Crippen molar-refractivity contribution >= 4 is 5.91 Å². The predicted molar refractivity (Wildman–Crippen MR) is 91.8 cm³/mol. The molecule has 26 heavy (non-hydrogen) atoms. The molecule has 2 aromatic heterocycles. The molecule has 0 spiro atoms. The standard InChI is InChI=1S/C18H22N4O4/c1-24-17-9-16(26-20-17)18(23)22-6-4-15-14(12-22)21(7-8-25-15)11-13-3-2-5-19-10-13/h2-3,5,9-10,14-15H,4,6-8,11-12H2,1H3/t14-,15-/m0/s1. The van der Waals surface area contributed by atoms with Gasteiger partial charge in [0.15, 0.2) is 0 Å². The lowest BCUT2D eigenvalue weighted by atomic mass is 9.98. The summed E-state index contributed by atoms with van der Waals surface area (Å²) < 4.78 is 16.1. The van der Waals surface area contributed by atoms with Crippen LogP contribution in [0.4, 0.5) is 0 Å². The van der Waals surface area contributed by atoms with Gasteiger partial charge in [-0.1, -0.05) is 6.07 Å². The molecule has 2 aliphatic heterocycles. The van der Waals surface area contributed by atoms with Crippen molar-refractivity contribution in [2.45, 2.75) is 25.1 Å². The topological polar surface area (TPSA) is 80.9 Å². The van der Waals surface area contributed by atoms with Crippen LogP contribution in [0.25, 0.3) is 0 Å². The Morgan fingerprint density at radius 3 is 3.12 bits per heavy atom. The maximum atomic E-state index is 12.7. The van der Waals surface area contributed by atoms with E-state index in [4.69, 9.17) is 14.0 Å². The number of amides is 1. The minimum absolute atomic E-state index is 0.147. The van der Waals surface area contributed by atoms with Crippen molar-refractivity contribution in [3.63, 3.8) is 0 Å². The van der Waals surface area contributed by atoms with Gasteiger partial charge in [0.2, 0.25) is 5.76 Å². The predicted octanol–water partition coefficient (Wildman–Crippen LogP) is 1.19. The first-order valence-electron chi connectivity index (χ1n) is 8.79. The molecule has 0 saturated carbocycles. The quantitative estimate of drug-likeness (QED) is 0.812. The van der Waals surface area contributed by atoms with Crippen molar-refractivity contribution in [1.29, 1.82) is 0 Å². The molecule has 0 N–H and O–H groups in total. The molecule has 0 bridgehead atoms. The number of hydrogen-bond acceptors (Lipinski definition) is 7. The summed E-state index contributed by atoms with van der Waals surface area (Å²) in [4.78, 5) is 21.1. The molecule has 2 saturated heterocycles. The van der Waals surface area contributed by atoms with Crippen LogP contribution in [0.3, 0.4) is 0 Å². The van der Waals surface area contributed by atoms with Gasteiger partial charge in [0.05, 0.1) is 31.9 Å². The zero-order chi connectivity index (χ0) is 17.9. The number of aromatic nitrogens is 2. The lowest BCUT2D eigenvalue weighted by Crippen LogP contribution is -2.60. The summed E-state index contributed by atoms with van der Waals surface area (Å²) in [5.74, 6) is 0.351. The number of likely N-dealkylation sites (tertiary alicyclic amines) is 1. The number of piperidine rings is 1. The third-order valence-electron chi connectivity index (χ3n) is 5.00. The van der Waals surface area contributed by atoms with Crippen LogP contribution in [0.1, 0.15) is 22.5 Å². The third kappa shape index (κ3) is 3.42. The molecule has 8 nitrogen and oxygen atoms in total. The van der Waals surface area contributed by atoms with Gasteiger partial charge in [0.25, 0.3) is 11.8 Å². The summed E-state index contributed by atoms with van der Waals surface area (Å²) >= 11 is 0. The van der Waals surface area contributed by atoms with Gasteiger partial charge in [-0.25, -0.2) is 0 Å². The molecule has 0 aliphatic carbocycles. The van der Waals surface area contributed by atoms with Crippen molar-refractivity contribution in [2.24, 2.45) is 0 Å². The van der Waals surface area contributed by atoms with Crippen LogP contribution in [0.2, 0.25) is 0 Å². The van der Waals surface area contributed by atoms with Gasteiger partial charge in [-0.3, -0.25) is 14.7 Å². The molecule has 2 atom stereocenters. The second-order valence-corrected chi connectivity index (χ2v) is 6.58. The van der Waals surface area contributed by atoms with Gasteiger partial charge in [0.1, 0.15) is 0 Å². The number of morpholine rings is 1. The molecule has 0 unspecified atom stereocenters. The van der Waals surface area contributed by atoms with E-state index in [9.17, 15) is 4.79 Å². The first kappa shape index (κ1) is 17.0. The monoisotopic (exact) mass is 358 g/mol. The van der Waals surface area contributed by atoms with Crippen LogP contribution in [0, 0.1) is 0 Å². The number of fused-ring (bicyclic) bond motifs is 1. The summed E-state index contributed by atoms with van der Waals surface area (Å²) in [6.07, 6.45) is 4.62. The normalized spacial score (nSPS) is 23.5. The molecule has 1 amide bonds. The highest BCUT2D eigenvalue weighted by Gasteiger charge is 2.39. The van der Waals surface area contributed by atoms with Crippen molar-refractivity contribution in [3.8, 4) is 5.88 Å². The summed E-state index contributed by atoms with van der Waals surface area (Å²) in [5.41, 5.74) is 1.16. The van der Waals surface area contributed by atoms with Gasteiger partial charge in [-0.15, -0.1) is 0 Å². The van der Waals surface area contributed by atoms with E-state index >= 15 is 0 Å². The highest BCUT2D eigenvalue weighted by molar-refractivity contribution is 5.91. The van der Waals surface area contributed by atoms with Crippen molar-refractivity contribution in [1.82, 2.24) is 19.9 Å². The first-order chi connectivity index (χ1) is 12.7. The number of rotatable bonds is 4. The largest absolute Gasteiger partial charge is 0.479 e. The Bertz CT molecular complexity index is 751. The average Bonchev–Trinajstić information content (AvgIpc) is 3.17. The van der Waals surface area contributed by atoms with Crippen LogP contribution in [-0.2, 0) is 11.3 Å². The number of hydrogen-bond donors (Lipinski definition) is 0. The van der Waals surface area contributed by atoms with Crippen molar-refractivity contribution in [2.75, 3.05) is 33.4 Å². The van der Waals surface area contributed by atoms with E-state index in [0.717, 1.165) is 25.1 Å². The second-order valence-electron chi connectivity index (χ2n) is 6.58. The molecular formula is C18H22N4O4. The zero-order valence-electron chi connectivity index (χ0n) is 14.7. The molecule has 0 radical (unpaired) electrons. The smallest absolute Gasteiger partial charge is 0.292 e. The van der Waals surface area contributed by atoms with Crippen LogP contribution in [0.15, 0.2) is 35.1 Å². The fourth-order valence-corrected chi connectivity index (χ4v) is 3.66. The molecule has 4 heterocycles. The van der Waals surface area contributed by atoms with Gasteiger partial charge >= 0.3 is 0 Å². The highest BCUT2D eigenvalue weighted by Crippen LogP contribution is 2.26. The van der Waals surface area contributed by atoms with Crippen LogP contribution in [0.5, 0.6) is 5.88 Å². The van der Waals surface area contributed by atoms with Crippen LogP contribution >= 0.6 is 0 Å². The fourth-order valence-electron chi connectivity index (χ4n) is 3.66. The summed E-state index contributed by atoms with van der Waals surface area (Å²) in [5, 5.41) is 3.72. The summed E-state index contributed by atoms with van der Waals surface area (Å²) in [7, 11) is 1.49. The van der Waals surface area contributed by atoms with E-state index in [-0.39, 0.29) is 23.8 Å². The Balaban J connectivity index is 1.47. The van der Waals surface area contributed by atoms with Gasteiger partial charge < -0.3 is 18.9 Å². The number of pyridine rings is 1. The Kier molecular flexibility index (Phi) is 4.85. The Morgan fingerprint density at radius 2 is 2.35 bits per heavy atom. The SMILES string of the molecule is COc1cc(C(=O)N2CC[C@@H]3OCCN(Cc4cccnc4)[C@H]3C2)on1. The molecular weight excluding hydrogens is 336 g/mol. The summed E-state index contributed by atoms with van der Waals surface area (Å²) in [6, 6.07) is 5.70. The van der Waals surface area contributed by atoms with Gasteiger partial charge in [0, 0.05) is 38.6 Å². The second kappa shape index (κ2) is 7.43. The summed E-state index contributed by atoms with van der Waals surface area (Å²) in [6.45, 7) is 3.61. The highest BCUT2D eigenvalue weighted by atomic mass is 16.5. The Labute approximate surface area is 151 Å². The van der Waals surface area contributed by atoms with E-state index in [0.29, 0.717) is 25.6 Å². The van der Waals surface area contributed by atoms with Crippen LogP contribution in [-0.4, -0.2) is 71.3 Å². The van der Waals surface area contributed by atoms with Crippen molar-refractivity contribution < 1.29 is 18.8 Å². The van der Waals surface area contributed by atoms with Crippen molar-refractivity contribution in [3.05, 3.63) is 41.9 Å². The van der Waals surface area contributed by atoms with E-state index in [1.807, 2.05) is 17.2 Å². The number of nitrogens with zero attached hydrogens (tertiary/aromatic N) is 4. The molecule has 2 aromatic rings. The van der Waals surface area contributed by atoms with Gasteiger partial charge in [-0.05, 0) is 23.2 Å². The molecule has 2 aliphatic rings. The molecule has 2 fully saturated rings. The number of carbonyl (C=O) groups is 1. The zero-order valence-corrected chi connectivity index (χ0v) is 14.7. The van der Waals surface area contributed by atoms with Crippen LogP contribution < -0.4 is 4.74 Å². The Hall–Kier alpha value is -2.45. The van der Waals surface area contributed by atoms with E-state index in [1.165, 1.54) is 13.2 Å². The van der Waals surface area contributed by atoms with E-state index in [2.05, 4.69) is 21.1 Å². The number of methoxy groups -OCH3 is 1. The minimum atomic E-state index is -0.161. The molecule has 4 rings (SSSR count). The molecule has 8 heteroatoms. The van der Waals surface area contributed by atoms with E-state index < -0.39 is 0 Å². The fraction of sp³-hybridized carbons (Fsp3) is 0.500. The molecule has 0 aromatic carbocycles. The first-order valence-corrected chi connectivity index (χ1v) is 8.79. The van der Waals surface area contributed by atoms with E-state index in [1.54, 1.807) is 6.20 Å². The minimum Gasteiger partial charge on any atom is -0.479 e. The number of carbonyl (C=O) groups excluding carboxylic acids is 1. The maximum absolute atomic E-state index is 12.7. The third-order valence-corrected chi connectivity index (χ3v) is 5.00. The Morgan fingerprint density at radius 1 is 1.42 bits per heavy atom. The molecule has 138 valence electrons. The lowest BCUT2D eigenvalue weighted by Gasteiger charge is -2.46. The lowest BCUT2D eigenvalue weighted by molar-refractivity contribution is -0.101. The van der Waals surface area contributed by atoms with Gasteiger partial charge in [-0.2, -0.15) is 0 Å². The maximum Gasteiger partial charge on any atom is 0.292 e. The number of ether oxygens (including phenoxy) is 2.